The number of aromatic nitrogens is 1. The van der Waals surface area contributed by atoms with Crippen LogP contribution in [0.2, 0.25) is 5.02 Å². The van der Waals surface area contributed by atoms with Crippen molar-refractivity contribution in [2.75, 3.05) is 0 Å². The van der Waals surface area contributed by atoms with E-state index in [0.717, 1.165) is 5.56 Å². The number of fused-ring (bicyclic) bond motifs is 1. The maximum atomic E-state index is 13.3. The van der Waals surface area contributed by atoms with Gasteiger partial charge in [0.25, 0.3) is 10.0 Å². The van der Waals surface area contributed by atoms with E-state index in [2.05, 4.69) is 9.38 Å². The number of nitrogens with zero attached hydrogens (tertiary/aromatic N) is 1. The molecular formula is C23H17ClN2O4S. The van der Waals surface area contributed by atoms with Crippen molar-refractivity contribution in [3.05, 3.63) is 94.6 Å². The molecule has 0 atom stereocenters. The summed E-state index contributed by atoms with van der Waals surface area (Å²) in [7, 11) is -4.24. The van der Waals surface area contributed by atoms with Crippen LogP contribution < -0.4 is 0 Å². The number of nitrogens with one attached hydrogen (secondary N) is 1. The Morgan fingerprint density at radius 3 is 2.29 bits per heavy atom. The number of aromatic hydroxyl groups is 1. The lowest BCUT2D eigenvalue weighted by atomic mass is 10.0. The van der Waals surface area contributed by atoms with E-state index in [-0.39, 0.29) is 21.9 Å². The van der Waals surface area contributed by atoms with Crippen LogP contribution in [0.4, 0.5) is 0 Å². The van der Waals surface area contributed by atoms with Gasteiger partial charge < -0.3 is 10.1 Å². The van der Waals surface area contributed by atoms with Crippen molar-refractivity contribution >= 4 is 44.0 Å². The molecule has 0 saturated carbocycles. The minimum Gasteiger partial charge on any atom is -0.505 e. The number of sulfonamides is 1. The van der Waals surface area contributed by atoms with Crippen molar-refractivity contribution in [1.82, 2.24) is 4.98 Å². The summed E-state index contributed by atoms with van der Waals surface area (Å²) >= 11 is 6.20. The van der Waals surface area contributed by atoms with Gasteiger partial charge in [0.2, 0.25) is 5.78 Å². The number of ketones is 1. The number of aromatic amines is 1. The molecule has 0 amide bonds. The van der Waals surface area contributed by atoms with Crippen molar-refractivity contribution in [3.63, 3.8) is 0 Å². The number of halogens is 1. The summed E-state index contributed by atoms with van der Waals surface area (Å²) in [5, 5.41) is 11.4. The summed E-state index contributed by atoms with van der Waals surface area (Å²) in [5.74, 6) is -0.964. The van der Waals surface area contributed by atoms with Crippen LogP contribution >= 0.6 is 11.6 Å². The number of hydrogen-bond acceptors (Lipinski definition) is 4. The van der Waals surface area contributed by atoms with E-state index in [1.807, 2.05) is 6.92 Å². The number of H-pyrrole nitrogens is 1. The first-order valence-electron chi connectivity index (χ1n) is 9.29. The highest BCUT2D eigenvalue weighted by molar-refractivity contribution is 7.90. The van der Waals surface area contributed by atoms with Gasteiger partial charge in [-0.05, 0) is 31.2 Å². The molecule has 4 rings (SSSR count). The van der Waals surface area contributed by atoms with E-state index in [0.29, 0.717) is 15.9 Å². The Labute approximate surface area is 183 Å². The zero-order chi connectivity index (χ0) is 22.2. The second-order valence-corrected chi connectivity index (χ2v) is 8.95. The number of hydrogen-bond donors (Lipinski definition) is 2. The molecule has 1 heterocycles. The molecule has 156 valence electrons. The van der Waals surface area contributed by atoms with Crippen LogP contribution in [0.25, 0.3) is 10.9 Å². The molecule has 4 aromatic rings. The summed E-state index contributed by atoms with van der Waals surface area (Å²) in [6, 6.07) is 19.1. The van der Waals surface area contributed by atoms with Crippen LogP contribution in [0.3, 0.4) is 0 Å². The second-order valence-electron chi connectivity index (χ2n) is 6.93. The van der Waals surface area contributed by atoms with Crippen molar-refractivity contribution in [1.29, 1.82) is 0 Å². The van der Waals surface area contributed by atoms with Gasteiger partial charge in [-0.3, -0.25) is 4.79 Å². The van der Waals surface area contributed by atoms with Gasteiger partial charge in [0.1, 0.15) is 5.69 Å². The number of Topliss-reactive ketones (excluding diaryl/α,β-unsaturated/α-hetero) is 1. The van der Waals surface area contributed by atoms with Gasteiger partial charge in [-0.15, -0.1) is 0 Å². The van der Waals surface area contributed by atoms with E-state index < -0.39 is 21.5 Å². The standard InChI is InChI=1S/C23H17ClN2O4S/c1-14-10-12-16(13-11-14)31(29,30)26-21(22(27)15-6-3-2-4-7-15)20-23(28)17-8-5-9-18(24)19(17)25-20/h2-13,25,28H,1H3/b26-21+. The van der Waals surface area contributed by atoms with Crippen molar-refractivity contribution in [2.24, 2.45) is 4.40 Å². The highest BCUT2D eigenvalue weighted by Crippen LogP contribution is 2.34. The Morgan fingerprint density at radius 2 is 1.65 bits per heavy atom. The lowest BCUT2D eigenvalue weighted by Gasteiger charge is -2.07. The third-order valence-corrected chi connectivity index (χ3v) is 6.38. The van der Waals surface area contributed by atoms with Crippen LogP contribution in [-0.4, -0.2) is 30.0 Å². The van der Waals surface area contributed by atoms with E-state index in [4.69, 9.17) is 11.6 Å². The molecule has 0 aliphatic carbocycles. The van der Waals surface area contributed by atoms with Crippen molar-refractivity contribution < 1.29 is 18.3 Å². The lowest BCUT2D eigenvalue weighted by molar-refractivity contribution is 0.106. The molecule has 0 aliphatic heterocycles. The van der Waals surface area contributed by atoms with Gasteiger partial charge in [0, 0.05) is 10.9 Å². The first kappa shape index (κ1) is 20.8. The Kier molecular flexibility index (Phi) is 5.39. The van der Waals surface area contributed by atoms with Crippen molar-refractivity contribution in [3.8, 4) is 5.75 Å². The number of aryl methyl sites for hydroxylation is 1. The normalized spacial score (nSPS) is 12.3. The van der Waals surface area contributed by atoms with Crippen LogP contribution in [-0.2, 0) is 10.0 Å². The SMILES string of the molecule is Cc1ccc(S(=O)(=O)/N=C(/C(=O)c2ccccc2)c2[nH]c3c(Cl)cccc3c2O)cc1. The van der Waals surface area contributed by atoms with Crippen molar-refractivity contribution in [2.45, 2.75) is 11.8 Å². The monoisotopic (exact) mass is 452 g/mol. The Balaban J connectivity index is 1.96. The van der Waals surface area contributed by atoms with E-state index >= 15 is 0 Å². The zero-order valence-electron chi connectivity index (χ0n) is 16.3. The predicted octanol–water partition coefficient (Wildman–Crippen LogP) is 4.90. The first-order chi connectivity index (χ1) is 14.8. The van der Waals surface area contributed by atoms with Gasteiger partial charge in [0.05, 0.1) is 15.4 Å². The summed E-state index contributed by atoms with van der Waals surface area (Å²) < 4.78 is 29.8. The topological polar surface area (TPSA) is 99.6 Å². The largest absolute Gasteiger partial charge is 0.505 e. The Morgan fingerprint density at radius 1 is 0.968 bits per heavy atom. The number of carbonyl (C=O) groups excluding carboxylic acids is 1. The molecule has 0 saturated heterocycles. The summed E-state index contributed by atoms with van der Waals surface area (Å²) in [5.41, 5.74) is 0.929. The fraction of sp³-hybridized carbons (Fsp3) is 0.0435. The summed E-state index contributed by atoms with van der Waals surface area (Å²) in [6.07, 6.45) is 0. The Bertz CT molecular complexity index is 1420. The molecule has 3 aromatic carbocycles. The molecule has 8 heteroatoms. The molecule has 31 heavy (non-hydrogen) atoms. The van der Waals surface area contributed by atoms with Crippen LogP contribution in [0, 0.1) is 6.92 Å². The molecule has 1 aromatic heterocycles. The fourth-order valence-corrected chi connectivity index (χ4v) is 4.37. The van der Waals surface area contributed by atoms with Gasteiger partial charge in [-0.25, -0.2) is 0 Å². The van der Waals surface area contributed by atoms with E-state index in [1.165, 1.54) is 12.1 Å². The van der Waals surface area contributed by atoms with Crippen LogP contribution in [0.5, 0.6) is 5.75 Å². The lowest BCUT2D eigenvalue weighted by Crippen LogP contribution is -2.19. The van der Waals surface area contributed by atoms with Crippen LogP contribution in [0.15, 0.2) is 82.1 Å². The molecule has 6 nitrogen and oxygen atoms in total. The highest BCUT2D eigenvalue weighted by atomic mass is 35.5. The number of para-hydroxylation sites is 1. The zero-order valence-corrected chi connectivity index (χ0v) is 17.9. The van der Waals surface area contributed by atoms with Gasteiger partial charge in [0.15, 0.2) is 11.5 Å². The smallest absolute Gasteiger partial charge is 0.283 e. The average molecular weight is 453 g/mol. The molecule has 0 radical (unpaired) electrons. The first-order valence-corrected chi connectivity index (χ1v) is 11.1. The van der Waals surface area contributed by atoms with E-state index in [9.17, 15) is 18.3 Å². The highest BCUT2D eigenvalue weighted by Gasteiger charge is 2.27. The molecule has 0 bridgehead atoms. The third-order valence-electron chi connectivity index (χ3n) is 4.77. The summed E-state index contributed by atoms with van der Waals surface area (Å²) in [6.45, 7) is 1.83. The minimum atomic E-state index is -4.24. The molecule has 2 N–H and O–H groups in total. The molecule has 0 aliphatic rings. The second kappa shape index (κ2) is 8.02. The number of carbonyl (C=O) groups is 1. The molecule has 0 unspecified atom stereocenters. The van der Waals surface area contributed by atoms with Gasteiger partial charge in [-0.2, -0.15) is 12.8 Å². The maximum absolute atomic E-state index is 13.3. The molecule has 0 fully saturated rings. The quantitative estimate of drug-likeness (QED) is 0.332. The van der Waals surface area contributed by atoms with Crippen LogP contribution in [0.1, 0.15) is 21.6 Å². The Hall–Kier alpha value is -3.42. The van der Waals surface area contributed by atoms with E-state index in [1.54, 1.807) is 60.7 Å². The molecule has 0 spiro atoms. The minimum absolute atomic E-state index is 0.0647. The average Bonchev–Trinajstić information content (AvgIpc) is 3.10. The van der Waals surface area contributed by atoms with Gasteiger partial charge >= 0.3 is 0 Å². The maximum Gasteiger partial charge on any atom is 0.283 e. The summed E-state index contributed by atoms with van der Waals surface area (Å²) in [4.78, 5) is 16.1. The third kappa shape index (κ3) is 3.97. The number of rotatable bonds is 5. The molecular weight excluding hydrogens is 436 g/mol. The fourth-order valence-electron chi connectivity index (χ4n) is 3.15. The van der Waals surface area contributed by atoms with Gasteiger partial charge in [-0.1, -0.05) is 65.7 Å². The number of benzene rings is 3. The predicted molar refractivity (Wildman–Crippen MR) is 121 cm³/mol.